The molecule has 0 N–H and O–H groups in total. The Balaban J connectivity index is 0.000000410. The van der Waals surface area contributed by atoms with Gasteiger partial charge in [-0.25, -0.2) is 9.59 Å². The Morgan fingerprint density at radius 3 is 1.78 bits per heavy atom. The highest BCUT2D eigenvalue weighted by molar-refractivity contribution is 5.89. The minimum Gasteiger partial charge on any atom is -0.497 e. The Bertz CT molecular complexity index is 998. The molecule has 0 saturated carbocycles. The number of nitrogens with zero attached hydrogens (tertiary/aromatic N) is 1. The predicted octanol–water partition coefficient (Wildman–Crippen LogP) is 8.59. The fourth-order valence-electron chi connectivity index (χ4n) is 4.10. The average Bonchev–Trinajstić information content (AvgIpc) is 3.00. The number of anilines is 1. The van der Waals surface area contributed by atoms with Gasteiger partial charge in [0.05, 0.1) is 25.9 Å². The molecule has 2 rings (SSSR count). The number of methoxy groups -OCH3 is 1. The summed E-state index contributed by atoms with van der Waals surface area (Å²) >= 11 is 0. The van der Waals surface area contributed by atoms with Crippen LogP contribution in [-0.2, 0) is 14.3 Å². The monoisotopic (exact) mass is 567 g/mol. The molecule has 0 bridgehead atoms. The second-order valence-electron chi connectivity index (χ2n) is 10.6. The Labute approximate surface area is 249 Å². The summed E-state index contributed by atoms with van der Waals surface area (Å²) in [6, 6.07) is 15.1. The zero-order chi connectivity index (χ0) is 30.5. The highest BCUT2D eigenvalue weighted by Gasteiger charge is 2.12. The second-order valence-corrected chi connectivity index (χ2v) is 10.6. The molecule has 2 unspecified atom stereocenters. The quantitative estimate of drug-likeness (QED) is 0.141. The number of ether oxygens (including phenoxy) is 3. The predicted molar refractivity (Wildman–Crippen MR) is 171 cm³/mol. The molecule has 0 spiro atoms. The van der Waals surface area contributed by atoms with Crippen molar-refractivity contribution < 1.29 is 23.8 Å². The molecule has 0 amide bonds. The van der Waals surface area contributed by atoms with Crippen LogP contribution in [0.2, 0.25) is 0 Å². The first kappa shape index (κ1) is 35.7. The van der Waals surface area contributed by atoms with Gasteiger partial charge in [-0.05, 0) is 72.7 Å². The fourth-order valence-corrected chi connectivity index (χ4v) is 4.10. The molecular weight excluding hydrogens is 514 g/mol. The van der Waals surface area contributed by atoms with E-state index in [0.29, 0.717) is 30.6 Å². The maximum absolute atomic E-state index is 12.0. The van der Waals surface area contributed by atoms with E-state index >= 15 is 0 Å². The van der Waals surface area contributed by atoms with Crippen molar-refractivity contribution in [1.29, 1.82) is 0 Å². The maximum atomic E-state index is 12.0. The van der Waals surface area contributed by atoms with Crippen molar-refractivity contribution in [1.82, 2.24) is 0 Å². The van der Waals surface area contributed by atoms with Gasteiger partial charge >= 0.3 is 11.9 Å². The molecule has 0 aromatic heterocycles. The molecule has 0 heterocycles. The minimum absolute atomic E-state index is 0.217. The van der Waals surface area contributed by atoms with Crippen LogP contribution in [-0.4, -0.2) is 46.4 Å². The molecule has 6 nitrogen and oxygen atoms in total. The minimum atomic E-state index is -0.277. The molecule has 0 aliphatic rings. The number of esters is 2. The molecule has 0 fully saturated rings. The molecule has 228 valence electrons. The molecule has 0 aliphatic heterocycles. The third-order valence-corrected chi connectivity index (χ3v) is 7.15. The molecule has 2 atom stereocenters. The van der Waals surface area contributed by atoms with Crippen molar-refractivity contribution in [2.75, 3.05) is 39.3 Å². The lowest BCUT2D eigenvalue weighted by atomic mass is 10.0. The molecular formula is C35H53NO5. The highest BCUT2D eigenvalue weighted by Crippen LogP contribution is 2.17. The van der Waals surface area contributed by atoms with Crippen molar-refractivity contribution in [3.05, 3.63) is 65.7 Å². The number of unbranched alkanes of at least 4 members (excludes halogenated alkanes) is 2. The third kappa shape index (κ3) is 15.3. The standard InChI is InChI=1S/C18H26O3.C17H27NO2/c1-4-6-7-15(5-2)14-21-18(19)13-10-16-8-11-17(20-3)12-9-16;1-5-7-8-14(6-2)13-20-17(19)15-9-11-16(12-10-15)18(3)4/h8-13,15H,4-7,14H2,1-3H3;9-12,14H,5-8,13H2,1-4H3. The van der Waals surface area contributed by atoms with Crippen molar-refractivity contribution in [2.24, 2.45) is 11.8 Å². The summed E-state index contributed by atoms with van der Waals surface area (Å²) in [5, 5.41) is 0. The highest BCUT2D eigenvalue weighted by atomic mass is 16.5. The Morgan fingerprint density at radius 1 is 0.780 bits per heavy atom. The van der Waals surface area contributed by atoms with E-state index in [2.05, 4.69) is 27.7 Å². The fraction of sp³-hybridized carbons (Fsp3) is 0.543. The first-order chi connectivity index (χ1) is 19.8. The summed E-state index contributed by atoms with van der Waals surface area (Å²) in [6.07, 6.45) is 12.4. The zero-order valence-corrected chi connectivity index (χ0v) is 26.5. The van der Waals surface area contributed by atoms with Gasteiger partial charge in [-0.2, -0.15) is 0 Å². The summed E-state index contributed by atoms with van der Waals surface area (Å²) in [6.45, 7) is 9.70. The van der Waals surface area contributed by atoms with Gasteiger partial charge in [-0.3, -0.25) is 0 Å². The third-order valence-electron chi connectivity index (χ3n) is 7.15. The van der Waals surface area contributed by atoms with E-state index in [4.69, 9.17) is 14.2 Å². The molecule has 2 aromatic carbocycles. The van der Waals surface area contributed by atoms with Gasteiger partial charge in [-0.15, -0.1) is 0 Å². The number of carbonyl (C=O) groups excluding carboxylic acids is 2. The maximum Gasteiger partial charge on any atom is 0.338 e. The molecule has 0 radical (unpaired) electrons. The van der Waals surface area contributed by atoms with Gasteiger partial charge in [-0.1, -0.05) is 78.4 Å². The van der Waals surface area contributed by atoms with Crippen LogP contribution >= 0.6 is 0 Å². The summed E-state index contributed by atoms with van der Waals surface area (Å²) < 4.78 is 15.8. The summed E-state index contributed by atoms with van der Waals surface area (Å²) in [7, 11) is 5.59. The lowest BCUT2D eigenvalue weighted by Crippen LogP contribution is -2.14. The van der Waals surface area contributed by atoms with Gasteiger partial charge in [0.25, 0.3) is 0 Å². The average molecular weight is 568 g/mol. The Hall–Kier alpha value is -3.28. The van der Waals surface area contributed by atoms with Gasteiger partial charge in [0.2, 0.25) is 0 Å². The van der Waals surface area contributed by atoms with E-state index in [-0.39, 0.29) is 11.9 Å². The van der Waals surface area contributed by atoms with Crippen LogP contribution in [0.4, 0.5) is 5.69 Å². The number of benzene rings is 2. The smallest absolute Gasteiger partial charge is 0.338 e. The van der Waals surface area contributed by atoms with Crippen molar-refractivity contribution in [3.63, 3.8) is 0 Å². The van der Waals surface area contributed by atoms with Gasteiger partial charge in [0.15, 0.2) is 0 Å². The van der Waals surface area contributed by atoms with Crippen LogP contribution in [0.25, 0.3) is 6.08 Å². The van der Waals surface area contributed by atoms with Crippen LogP contribution in [0.5, 0.6) is 5.75 Å². The van der Waals surface area contributed by atoms with Crippen LogP contribution in [0.3, 0.4) is 0 Å². The second kappa shape index (κ2) is 21.5. The van der Waals surface area contributed by atoms with Crippen LogP contribution in [0.1, 0.15) is 95.0 Å². The zero-order valence-electron chi connectivity index (χ0n) is 26.5. The SMILES string of the molecule is CCCCC(CC)COC(=O)C=Cc1ccc(OC)cc1.CCCCC(CC)COC(=O)c1ccc(N(C)C)cc1. The van der Waals surface area contributed by atoms with Crippen LogP contribution < -0.4 is 9.64 Å². The molecule has 41 heavy (non-hydrogen) atoms. The van der Waals surface area contributed by atoms with Gasteiger partial charge < -0.3 is 19.1 Å². The number of rotatable bonds is 17. The van der Waals surface area contributed by atoms with E-state index in [1.165, 1.54) is 31.8 Å². The lowest BCUT2D eigenvalue weighted by Gasteiger charge is -2.15. The number of hydrogen-bond donors (Lipinski definition) is 0. The lowest BCUT2D eigenvalue weighted by molar-refractivity contribution is -0.139. The van der Waals surface area contributed by atoms with E-state index in [1.807, 2.05) is 67.5 Å². The van der Waals surface area contributed by atoms with E-state index in [1.54, 1.807) is 13.2 Å². The molecule has 0 saturated heterocycles. The molecule has 2 aromatic rings. The van der Waals surface area contributed by atoms with Crippen LogP contribution in [0, 0.1) is 11.8 Å². The Morgan fingerprint density at radius 2 is 1.32 bits per heavy atom. The summed E-state index contributed by atoms with van der Waals surface area (Å²) in [5.41, 5.74) is 2.66. The van der Waals surface area contributed by atoms with E-state index in [0.717, 1.165) is 42.7 Å². The molecule has 0 aliphatic carbocycles. The first-order valence-corrected chi connectivity index (χ1v) is 15.2. The van der Waals surface area contributed by atoms with Crippen molar-refractivity contribution >= 4 is 23.7 Å². The van der Waals surface area contributed by atoms with E-state index in [9.17, 15) is 9.59 Å². The first-order valence-electron chi connectivity index (χ1n) is 15.2. The molecule has 6 heteroatoms. The van der Waals surface area contributed by atoms with Crippen molar-refractivity contribution in [3.8, 4) is 5.75 Å². The summed E-state index contributed by atoms with van der Waals surface area (Å²) in [4.78, 5) is 25.7. The van der Waals surface area contributed by atoms with Crippen LogP contribution in [0.15, 0.2) is 54.6 Å². The topological polar surface area (TPSA) is 65.1 Å². The summed E-state index contributed by atoms with van der Waals surface area (Å²) in [5.74, 6) is 1.27. The van der Waals surface area contributed by atoms with Crippen molar-refractivity contribution in [2.45, 2.75) is 79.1 Å². The normalized spacial score (nSPS) is 12.2. The van der Waals surface area contributed by atoms with Gasteiger partial charge in [0.1, 0.15) is 5.75 Å². The van der Waals surface area contributed by atoms with Gasteiger partial charge in [0, 0.05) is 25.9 Å². The van der Waals surface area contributed by atoms with E-state index < -0.39 is 0 Å². The largest absolute Gasteiger partial charge is 0.497 e. The number of hydrogen-bond acceptors (Lipinski definition) is 6. The Kier molecular flexibility index (Phi) is 18.7. The number of carbonyl (C=O) groups is 2.